The minimum absolute atomic E-state index is 0.0270. The third kappa shape index (κ3) is 4.36. The Hall–Kier alpha value is -0.980. The van der Waals surface area contributed by atoms with Gasteiger partial charge in [0.15, 0.2) is 5.13 Å². The topological polar surface area (TPSA) is 54.5 Å². The van der Waals surface area contributed by atoms with E-state index >= 15 is 0 Å². The molecule has 0 saturated carbocycles. The number of nitrogens with one attached hydrogen (secondary N) is 1. The quantitative estimate of drug-likeness (QED) is 0.819. The normalized spacial score (nSPS) is 12.4. The van der Waals surface area contributed by atoms with Crippen molar-refractivity contribution >= 4 is 22.4 Å². The van der Waals surface area contributed by atoms with Crippen LogP contribution in [0.3, 0.4) is 0 Å². The molecule has 18 heavy (non-hydrogen) atoms. The minimum Gasteiger partial charge on any atom is -0.383 e. The van der Waals surface area contributed by atoms with Gasteiger partial charge in [0, 0.05) is 38.5 Å². The Morgan fingerprint density at radius 1 is 1.67 bits per heavy atom. The van der Waals surface area contributed by atoms with E-state index in [0.717, 1.165) is 10.8 Å². The van der Waals surface area contributed by atoms with E-state index in [9.17, 15) is 4.79 Å². The Labute approximate surface area is 112 Å². The van der Waals surface area contributed by atoms with Crippen molar-refractivity contribution in [2.75, 3.05) is 25.2 Å². The van der Waals surface area contributed by atoms with Gasteiger partial charge in [-0.25, -0.2) is 4.98 Å². The van der Waals surface area contributed by atoms with Crippen LogP contribution in [0.2, 0.25) is 0 Å². The maximum atomic E-state index is 11.4. The van der Waals surface area contributed by atoms with Crippen molar-refractivity contribution in [1.29, 1.82) is 0 Å². The second-order valence-electron chi connectivity index (χ2n) is 4.12. The second kappa shape index (κ2) is 7.45. The number of carbonyl (C=O) groups excluding carboxylic acids is 1. The van der Waals surface area contributed by atoms with Crippen LogP contribution in [0, 0.1) is 0 Å². The summed E-state index contributed by atoms with van der Waals surface area (Å²) in [4.78, 5) is 17.5. The number of ether oxygens (including phenoxy) is 1. The molecule has 0 radical (unpaired) electrons. The molecule has 1 rings (SSSR count). The number of amides is 1. The van der Waals surface area contributed by atoms with Crippen molar-refractivity contribution in [2.24, 2.45) is 0 Å². The van der Waals surface area contributed by atoms with Gasteiger partial charge in [-0.05, 0) is 13.8 Å². The standard InChI is InChI=1S/C12H21N3O2S/c1-5-15(10(3)16)12-14-11(8-18-12)6-13-9(2)7-17-4/h8-9,13H,5-7H2,1-4H3. The molecule has 0 fully saturated rings. The van der Waals surface area contributed by atoms with E-state index in [4.69, 9.17) is 4.74 Å². The molecule has 0 aromatic carbocycles. The lowest BCUT2D eigenvalue weighted by Crippen LogP contribution is -2.30. The summed E-state index contributed by atoms with van der Waals surface area (Å²) in [5, 5.41) is 6.06. The van der Waals surface area contributed by atoms with Gasteiger partial charge in [0.1, 0.15) is 0 Å². The van der Waals surface area contributed by atoms with Gasteiger partial charge in [-0.1, -0.05) is 0 Å². The van der Waals surface area contributed by atoms with Gasteiger partial charge < -0.3 is 10.1 Å². The highest BCUT2D eigenvalue weighted by atomic mass is 32.1. The fraction of sp³-hybridized carbons (Fsp3) is 0.667. The monoisotopic (exact) mass is 271 g/mol. The number of nitrogens with zero attached hydrogens (tertiary/aromatic N) is 2. The Morgan fingerprint density at radius 2 is 2.39 bits per heavy atom. The van der Waals surface area contributed by atoms with Gasteiger partial charge in [0.2, 0.25) is 5.91 Å². The first-order chi connectivity index (χ1) is 8.58. The maximum Gasteiger partial charge on any atom is 0.225 e. The molecule has 0 aliphatic rings. The summed E-state index contributed by atoms with van der Waals surface area (Å²) in [5.74, 6) is 0.0270. The molecule has 1 heterocycles. The molecule has 1 N–H and O–H groups in total. The summed E-state index contributed by atoms with van der Waals surface area (Å²) in [7, 11) is 1.69. The average molecular weight is 271 g/mol. The lowest BCUT2D eigenvalue weighted by molar-refractivity contribution is -0.116. The lowest BCUT2D eigenvalue weighted by atomic mass is 10.3. The number of thiazole rings is 1. The first-order valence-corrected chi connectivity index (χ1v) is 6.91. The molecule has 0 spiro atoms. The minimum atomic E-state index is 0.0270. The number of anilines is 1. The molecule has 0 saturated heterocycles. The highest BCUT2D eigenvalue weighted by Gasteiger charge is 2.13. The van der Waals surface area contributed by atoms with E-state index in [-0.39, 0.29) is 11.9 Å². The summed E-state index contributed by atoms with van der Waals surface area (Å²) in [5.41, 5.74) is 0.956. The van der Waals surface area contributed by atoms with Crippen LogP contribution < -0.4 is 10.2 Å². The number of methoxy groups -OCH3 is 1. The fourth-order valence-electron chi connectivity index (χ4n) is 1.58. The Bertz CT molecular complexity index is 381. The average Bonchev–Trinajstić information content (AvgIpc) is 2.76. The molecule has 1 aromatic heterocycles. The third-order valence-electron chi connectivity index (χ3n) is 2.52. The largest absolute Gasteiger partial charge is 0.383 e. The zero-order chi connectivity index (χ0) is 13.5. The fourth-order valence-corrected chi connectivity index (χ4v) is 2.51. The molecular weight excluding hydrogens is 250 g/mol. The number of hydrogen-bond acceptors (Lipinski definition) is 5. The summed E-state index contributed by atoms with van der Waals surface area (Å²) in [6, 6.07) is 0.287. The molecule has 5 nitrogen and oxygen atoms in total. The van der Waals surface area contributed by atoms with Crippen molar-refractivity contribution in [1.82, 2.24) is 10.3 Å². The molecule has 1 unspecified atom stereocenters. The summed E-state index contributed by atoms with van der Waals surface area (Å²) < 4.78 is 5.05. The molecule has 1 atom stereocenters. The van der Waals surface area contributed by atoms with Crippen LogP contribution in [-0.2, 0) is 16.1 Å². The Balaban J connectivity index is 2.55. The maximum absolute atomic E-state index is 11.4. The molecule has 1 aromatic rings. The lowest BCUT2D eigenvalue weighted by Gasteiger charge is -2.14. The molecule has 0 aliphatic heterocycles. The summed E-state index contributed by atoms with van der Waals surface area (Å²) in [6.45, 7) is 7.58. The van der Waals surface area contributed by atoms with Crippen LogP contribution in [-0.4, -0.2) is 37.2 Å². The predicted molar refractivity (Wildman–Crippen MR) is 74.0 cm³/mol. The van der Waals surface area contributed by atoms with Crippen molar-refractivity contribution in [3.8, 4) is 0 Å². The predicted octanol–water partition coefficient (Wildman–Crippen LogP) is 1.64. The Morgan fingerprint density at radius 3 is 2.94 bits per heavy atom. The number of hydrogen-bond donors (Lipinski definition) is 1. The van der Waals surface area contributed by atoms with Crippen LogP contribution in [0.1, 0.15) is 26.5 Å². The van der Waals surface area contributed by atoms with Gasteiger partial charge in [-0.15, -0.1) is 11.3 Å². The zero-order valence-electron chi connectivity index (χ0n) is 11.4. The van der Waals surface area contributed by atoms with E-state index in [2.05, 4.69) is 17.2 Å². The molecule has 0 aliphatic carbocycles. The van der Waals surface area contributed by atoms with Gasteiger partial charge in [-0.2, -0.15) is 0 Å². The van der Waals surface area contributed by atoms with Gasteiger partial charge in [0.25, 0.3) is 0 Å². The Kier molecular flexibility index (Phi) is 6.24. The highest BCUT2D eigenvalue weighted by molar-refractivity contribution is 7.14. The first kappa shape index (κ1) is 15.1. The number of rotatable bonds is 7. The highest BCUT2D eigenvalue weighted by Crippen LogP contribution is 2.20. The van der Waals surface area contributed by atoms with E-state index in [1.165, 1.54) is 11.3 Å². The zero-order valence-corrected chi connectivity index (χ0v) is 12.2. The first-order valence-electron chi connectivity index (χ1n) is 6.03. The van der Waals surface area contributed by atoms with Crippen molar-refractivity contribution in [2.45, 2.75) is 33.4 Å². The van der Waals surface area contributed by atoms with Crippen molar-refractivity contribution in [3.63, 3.8) is 0 Å². The van der Waals surface area contributed by atoms with Gasteiger partial charge in [0.05, 0.1) is 12.3 Å². The number of aromatic nitrogens is 1. The van der Waals surface area contributed by atoms with Crippen LogP contribution in [0.5, 0.6) is 0 Å². The number of carbonyl (C=O) groups is 1. The van der Waals surface area contributed by atoms with Crippen LogP contribution in [0.15, 0.2) is 5.38 Å². The van der Waals surface area contributed by atoms with Gasteiger partial charge in [-0.3, -0.25) is 9.69 Å². The van der Waals surface area contributed by atoms with Crippen LogP contribution >= 0.6 is 11.3 Å². The smallest absolute Gasteiger partial charge is 0.225 e. The van der Waals surface area contributed by atoms with Crippen molar-refractivity contribution in [3.05, 3.63) is 11.1 Å². The second-order valence-corrected chi connectivity index (χ2v) is 4.96. The van der Waals surface area contributed by atoms with E-state index in [1.54, 1.807) is 18.9 Å². The molecule has 6 heteroatoms. The van der Waals surface area contributed by atoms with E-state index in [0.29, 0.717) is 19.7 Å². The van der Waals surface area contributed by atoms with Crippen LogP contribution in [0.4, 0.5) is 5.13 Å². The molecule has 102 valence electrons. The SMILES string of the molecule is CCN(C(C)=O)c1nc(CNC(C)COC)cs1. The molecular formula is C12H21N3O2S. The molecule has 0 bridgehead atoms. The van der Waals surface area contributed by atoms with E-state index < -0.39 is 0 Å². The third-order valence-corrected chi connectivity index (χ3v) is 3.43. The van der Waals surface area contributed by atoms with Crippen LogP contribution in [0.25, 0.3) is 0 Å². The van der Waals surface area contributed by atoms with Crippen molar-refractivity contribution < 1.29 is 9.53 Å². The molecule has 1 amide bonds. The summed E-state index contributed by atoms with van der Waals surface area (Å²) in [6.07, 6.45) is 0. The van der Waals surface area contributed by atoms with E-state index in [1.807, 2.05) is 12.3 Å². The summed E-state index contributed by atoms with van der Waals surface area (Å²) >= 11 is 1.50. The van der Waals surface area contributed by atoms with Gasteiger partial charge >= 0.3 is 0 Å².